The number of ketones is 1. The highest BCUT2D eigenvalue weighted by Gasteiger charge is 2.19. The van der Waals surface area contributed by atoms with Crippen molar-refractivity contribution in [3.8, 4) is 11.5 Å². The maximum atomic E-state index is 11.9. The molecule has 1 aromatic heterocycles. The number of nitrogens with zero attached hydrogens (tertiary/aromatic N) is 1. The Morgan fingerprint density at radius 1 is 1.23 bits per heavy atom. The fraction of sp³-hybridized carbons (Fsp3) is 0.348. The third-order valence-electron chi connectivity index (χ3n) is 4.84. The van der Waals surface area contributed by atoms with Crippen LogP contribution in [0.25, 0.3) is 11.0 Å². The van der Waals surface area contributed by atoms with E-state index in [1.54, 1.807) is 37.3 Å². The second-order valence-corrected chi connectivity index (χ2v) is 7.77. The first-order chi connectivity index (χ1) is 14.8. The van der Waals surface area contributed by atoms with E-state index in [0.717, 1.165) is 6.42 Å². The van der Waals surface area contributed by atoms with Crippen LogP contribution < -0.4 is 4.74 Å². The van der Waals surface area contributed by atoms with Crippen LogP contribution in [0.15, 0.2) is 30.3 Å². The molecule has 0 bridgehead atoms. The average molecular weight is 443 g/mol. The predicted octanol–water partition coefficient (Wildman–Crippen LogP) is 4.65. The number of imidazole rings is 1. The minimum atomic E-state index is -0.386. The monoisotopic (exact) mass is 442 g/mol. The van der Waals surface area contributed by atoms with E-state index in [-0.39, 0.29) is 34.9 Å². The molecule has 0 amide bonds. The second kappa shape index (κ2) is 9.87. The molecular weight excluding hydrogens is 416 g/mol. The summed E-state index contributed by atoms with van der Waals surface area (Å²) in [5, 5.41) is 10.1. The Labute approximate surface area is 186 Å². The van der Waals surface area contributed by atoms with Crippen LogP contribution in [0, 0.1) is 0 Å². The van der Waals surface area contributed by atoms with Gasteiger partial charge in [0.2, 0.25) is 0 Å². The molecule has 3 rings (SSSR count). The van der Waals surface area contributed by atoms with Crippen molar-refractivity contribution in [1.29, 1.82) is 0 Å². The molecule has 1 heterocycles. The number of carbonyl (C=O) groups is 2. The largest absolute Gasteiger partial charge is 0.507 e. The molecule has 1 atom stereocenters. The summed E-state index contributed by atoms with van der Waals surface area (Å²) in [6, 6.07) is 8.39. The van der Waals surface area contributed by atoms with Crippen molar-refractivity contribution in [2.45, 2.75) is 38.9 Å². The van der Waals surface area contributed by atoms with Crippen LogP contribution >= 0.6 is 12.6 Å². The predicted molar refractivity (Wildman–Crippen MR) is 121 cm³/mol. The Morgan fingerprint density at radius 3 is 2.68 bits per heavy atom. The van der Waals surface area contributed by atoms with Gasteiger partial charge in [0, 0.05) is 5.56 Å². The minimum absolute atomic E-state index is 0.0298. The number of Topliss-reactive ketones (excluding diaryl/α,β-unsaturated/α-hetero) is 1. The molecule has 2 aromatic carbocycles. The summed E-state index contributed by atoms with van der Waals surface area (Å²) in [6.45, 7) is 5.68. The minimum Gasteiger partial charge on any atom is -0.507 e. The van der Waals surface area contributed by atoms with E-state index >= 15 is 0 Å². The molecule has 0 aliphatic rings. The molecule has 0 saturated carbocycles. The lowest BCUT2D eigenvalue weighted by Gasteiger charge is -2.16. The maximum absolute atomic E-state index is 11.9. The number of aromatic nitrogens is 2. The molecule has 0 saturated heterocycles. The van der Waals surface area contributed by atoms with Crippen molar-refractivity contribution in [2.24, 2.45) is 0 Å². The van der Waals surface area contributed by atoms with E-state index in [2.05, 4.69) is 22.6 Å². The van der Waals surface area contributed by atoms with E-state index in [1.807, 2.05) is 6.92 Å². The summed E-state index contributed by atoms with van der Waals surface area (Å²) in [5.74, 6) is 0.504. The Bertz CT molecular complexity index is 1110. The van der Waals surface area contributed by atoms with Crippen LogP contribution in [0.1, 0.15) is 64.5 Å². The van der Waals surface area contributed by atoms with Crippen molar-refractivity contribution in [1.82, 2.24) is 9.97 Å². The Hall–Kier alpha value is -3.00. The van der Waals surface area contributed by atoms with E-state index in [9.17, 15) is 14.7 Å². The zero-order valence-electron chi connectivity index (χ0n) is 17.8. The molecule has 0 aliphatic carbocycles. The topological polar surface area (TPSA) is 102 Å². The Morgan fingerprint density at radius 2 is 2.00 bits per heavy atom. The van der Waals surface area contributed by atoms with Crippen LogP contribution in [0.4, 0.5) is 0 Å². The van der Waals surface area contributed by atoms with Crippen LogP contribution in [0.5, 0.6) is 11.5 Å². The molecule has 0 spiro atoms. The van der Waals surface area contributed by atoms with Gasteiger partial charge in [-0.25, -0.2) is 9.78 Å². The molecule has 0 radical (unpaired) electrons. The van der Waals surface area contributed by atoms with E-state index in [0.29, 0.717) is 46.8 Å². The van der Waals surface area contributed by atoms with Gasteiger partial charge in [-0.1, -0.05) is 13.3 Å². The second-order valence-electron chi connectivity index (χ2n) is 7.15. The fourth-order valence-electron chi connectivity index (χ4n) is 3.30. The lowest BCUT2D eigenvalue weighted by atomic mass is 10.0. The summed E-state index contributed by atoms with van der Waals surface area (Å²) in [6.07, 6.45) is 1.38. The number of benzene rings is 2. The maximum Gasteiger partial charge on any atom is 0.338 e. The van der Waals surface area contributed by atoms with Gasteiger partial charge < -0.3 is 19.6 Å². The summed E-state index contributed by atoms with van der Waals surface area (Å²) < 4.78 is 11.0. The summed E-state index contributed by atoms with van der Waals surface area (Å²) in [4.78, 5) is 31.4. The number of carbonyl (C=O) groups excluding carboxylic acids is 2. The molecule has 31 heavy (non-hydrogen) atoms. The van der Waals surface area contributed by atoms with Gasteiger partial charge in [-0.3, -0.25) is 4.79 Å². The lowest BCUT2D eigenvalue weighted by molar-refractivity contribution is 0.0526. The first-order valence-corrected chi connectivity index (χ1v) is 10.7. The number of aromatic amines is 1. The molecule has 7 nitrogen and oxygen atoms in total. The Balaban J connectivity index is 1.78. The van der Waals surface area contributed by atoms with Gasteiger partial charge in [0.05, 0.1) is 34.0 Å². The van der Waals surface area contributed by atoms with E-state index in [1.165, 1.54) is 6.92 Å². The molecule has 0 aliphatic heterocycles. The molecule has 164 valence electrons. The third-order valence-corrected chi connectivity index (χ3v) is 5.24. The number of fused-ring (bicyclic) bond motifs is 1. The van der Waals surface area contributed by atoms with Crippen molar-refractivity contribution in [2.75, 3.05) is 13.2 Å². The number of phenolic OH excluding ortho intramolecular Hbond substituents is 1. The van der Waals surface area contributed by atoms with Crippen LogP contribution in [-0.4, -0.2) is 40.0 Å². The molecular formula is C23H26N2O5S. The van der Waals surface area contributed by atoms with Crippen molar-refractivity contribution in [3.05, 3.63) is 52.8 Å². The number of nitrogens with one attached hydrogen (secondary N) is 1. The van der Waals surface area contributed by atoms with Gasteiger partial charge in [-0.05, 0) is 50.6 Å². The Kier molecular flexibility index (Phi) is 7.22. The summed E-state index contributed by atoms with van der Waals surface area (Å²) in [5.41, 5.74) is 2.75. The first-order valence-electron chi connectivity index (χ1n) is 10.2. The quantitative estimate of drug-likeness (QED) is 0.253. The normalized spacial score (nSPS) is 12.0. The number of hydrogen-bond acceptors (Lipinski definition) is 7. The first kappa shape index (κ1) is 22.7. The van der Waals surface area contributed by atoms with Gasteiger partial charge in [0.1, 0.15) is 23.9 Å². The van der Waals surface area contributed by atoms with Gasteiger partial charge in [0.25, 0.3) is 0 Å². The van der Waals surface area contributed by atoms with Crippen LogP contribution in [0.3, 0.4) is 0 Å². The van der Waals surface area contributed by atoms with Crippen LogP contribution in [0.2, 0.25) is 0 Å². The van der Waals surface area contributed by atoms with Gasteiger partial charge >= 0.3 is 5.97 Å². The lowest BCUT2D eigenvalue weighted by Crippen LogP contribution is -2.09. The highest BCUT2D eigenvalue weighted by Crippen LogP contribution is 2.34. The molecule has 3 aromatic rings. The number of hydrogen-bond donors (Lipinski definition) is 3. The number of esters is 1. The van der Waals surface area contributed by atoms with Crippen LogP contribution in [-0.2, 0) is 11.2 Å². The average Bonchev–Trinajstić information content (AvgIpc) is 3.17. The molecule has 2 N–H and O–H groups in total. The zero-order valence-corrected chi connectivity index (χ0v) is 18.7. The fourth-order valence-corrected chi connectivity index (χ4v) is 3.50. The standard InChI is InChI=1S/C23H26N2O5S/c1-4-6-16-19(10-8-15(13(3)26)21(16)27)30-12-20(31)22-24-17-9-7-14(11-18(17)25-22)23(28)29-5-2/h7-11,20,27,31H,4-6,12H2,1-3H3,(H,24,25). The number of thiol groups is 1. The zero-order chi connectivity index (χ0) is 22.5. The highest BCUT2D eigenvalue weighted by molar-refractivity contribution is 7.80. The van der Waals surface area contributed by atoms with E-state index in [4.69, 9.17) is 9.47 Å². The van der Waals surface area contributed by atoms with Gasteiger partial charge in [0.15, 0.2) is 5.78 Å². The SMILES string of the molecule is CCCc1c(OCC(S)c2nc3ccc(C(=O)OCC)cc3[nH]2)ccc(C(C)=O)c1O. The highest BCUT2D eigenvalue weighted by atomic mass is 32.1. The molecule has 8 heteroatoms. The summed E-state index contributed by atoms with van der Waals surface area (Å²) in [7, 11) is 0. The van der Waals surface area contributed by atoms with Gasteiger partial charge in [-0.15, -0.1) is 0 Å². The van der Waals surface area contributed by atoms with E-state index < -0.39 is 0 Å². The van der Waals surface area contributed by atoms with Crippen molar-refractivity contribution < 1.29 is 24.2 Å². The number of ether oxygens (including phenoxy) is 2. The van der Waals surface area contributed by atoms with Crippen molar-refractivity contribution in [3.63, 3.8) is 0 Å². The number of rotatable bonds is 9. The number of aromatic hydroxyl groups is 1. The number of phenols is 1. The molecule has 1 unspecified atom stereocenters. The number of H-pyrrole nitrogens is 1. The smallest absolute Gasteiger partial charge is 0.338 e. The third kappa shape index (κ3) is 5.02. The van der Waals surface area contributed by atoms with Crippen molar-refractivity contribution >= 4 is 35.4 Å². The van der Waals surface area contributed by atoms with Gasteiger partial charge in [-0.2, -0.15) is 12.6 Å². The summed E-state index contributed by atoms with van der Waals surface area (Å²) >= 11 is 4.60. The molecule has 0 fully saturated rings.